The number of hydrogen-bond donors (Lipinski definition) is 0. The summed E-state index contributed by atoms with van der Waals surface area (Å²) < 4.78 is 53.2. The number of halogens is 2. The third kappa shape index (κ3) is 391. The Bertz CT molecular complexity index is 77.3. The largest absolute Gasteiger partial charge is 1.00 e. The molecule has 0 aromatic heterocycles. The van der Waals surface area contributed by atoms with E-state index in [1.54, 1.807) is 0 Å². The van der Waals surface area contributed by atoms with Crippen molar-refractivity contribution in [3.05, 3.63) is 0 Å². The molecular weight excluding hydrogens is 180 g/mol. The Labute approximate surface area is 85.7 Å². The van der Waals surface area contributed by atoms with Crippen molar-refractivity contribution in [2.75, 3.05) is 0 Å². The summed E-state index contributed by atoms with van der Waals surface area (Å²) in [6.45, 7) is 0. The Hall–Kier alpha value is 1.27. The molecule has 0 rings (SSSR count). The second-order valence-corrected chi connectivity index (χ2v) is 1.16. The second kappa shape index (κ2) is 16.7. The van der Waals surface area contributed by atoms with E-state index in [9.17, 15) is 7.77 Å². The minimum absolute atomic E-state index is 0. The van der Waals surface area contributed by atoms with E-state index >= 15 is 0 Å². The average Bonchev–Trinajstić information content (AvgIpc) is 1.25. The monoisotopic (exact) mass is 180 g/mol. The van der Waals surface area contributed by atoms with Gasteiger partial charge >= 0.3 is 37.7 Å². The molecule has 0 fully saturated rings. The van der Waals surface area contributed by atoms with Gasteiger partial charge in [0.15, 0.2) is 0 Å². The molecule has 2 unspecified atom stereocenters. The van der Waals surface area contributed by atoms with Crippen LogP contribution in [0.2, 0.25) is 0 Å². The Morgan fingerprint density at radius 3 is 0.900 bits per heavy atom. The molecule has 0 spiro atoms. The predicted molar refractivity (Wildman–Crippen MR) is 20.1 cm³/mol. The van der Waals surface area contributed by atoms with Crippen molar-refractivity contribution in [3.8, 4) is 0 Å². The molecule has 0 aliphatic carbocycles. The maximum atomic E-state index is 9.92. The molecule has 52 valence electrons. The third-order valence-corrected chi connectivity index (χ3v) is 0. The number of rotatable bonds is 0. The van der Waals surface area contributed by atoms with Gasteiger partial charge in [-0.2, -0.15) is 0 Å². The number of hydrogen-bond acceptors (Lipinski definition) is 4. The molecule has 2 atom stereocenters. The summed E-state index contributed by atoms with van der Waals surface area (Å²) >= 11 is -6.72. The average molecular weight is 180 g/mol. The van der Waals surface area contributed by atoms with E-state index < -0.39 is 22.9 Å². The van der Waals surface area contributed by atoms with Gasteiger partial charge in [0.1, 0.15) is 22.9 Å². The Balaban J connectivity index is -0.0000000300. The van der Waals surface area contributed by atoms with Crippen LogP contribution in [-0.4, -0.2) is 17.5 Å². The molecule has 4 nitrogen and oxygen atoms in total. The first-order valence-electron chi connectivity index (χ1n) is 0.975. The van der Waals surface area contributed by atoms with E-state index in [1.807, 2.05) is 0 Å². The fourth-order valence-electron chi connectivity index (χ4n) is 0. The van der Waals surface area contributed by atoms with Gasteiger partial charge in [-0.25, -0.2) is 8.42 Å². The normalized spacial score (nSPS) is 12.4. The van der Waals surface area contributed by atoms with Crippen molar-refractivity contribution in [2.45, 2.75) is 0 Å². The minimum atomic E-state index is -3.36. The third-order valence-electron chi connectivity index (χ3n) is 0. The van der Waals surface area contributed by atoms with Gasteiger partial charge in [-0.1, -0.05) is 0 Å². The van der Waals surface area contributed by atoms with Crippen LogP contribution in [0.15, 0.2) is 0 Å². The van der Waals surface area contributed by atoms with Crippen molar-refractivity contribution >= 4 is 22.9 Å². The molecule has 0 aromatic carbocycles. The van der Waals surface area contributed by atoms with Crippen molar-refractivity contribution < 1.29 is 63.0 Å². The van der Waals surface area contributed by atoms with E-state index in [0.29, 0.717) is 0 Å². The second-order valence-electron chi connectivity index (χ2n) is 0.388. The summed E-state index contributed by atoms with van der Waals surface area (Å²) in [5.41, 5.74) is 0. The van der Waals surface area contributed by atoms with Crippen LogP contribution in [0.5, 0.6) is 0 Å². The van der Waals surface area contributed by atoms with Crippen LogP contribution >= 0.6 is 0 Å². The van der Waals surface area contributed by atoms with Crippen molar-refractivity contribution in [1.82, 2.24) is 0 Å². The van der Waals surface area contributed by atoms with Crippen LogP contribution in [-0.2, 0) is 22.9 Å². The van der Waals surface area contributed by atoms with Crippen LogP contribution in [0.3, 0.4) is 0 Å². The maximum Gasteiger partial charge on any atom is 1.00 e. The molecule has 10 heteroatoms. The van der Waals surface area contributed by atoms with Crippen molar-refractivity contribution in [2.24, 2.45) is 0 Å². The Kier molecular flexibility index (Phi) is 37.6. The minimum Gasteiger partial charge on any atom is -0.746 e. The van der Waals surface area contributed by atoms with E-state index in [4.69, 9.17) is 17.5 Å². The van der Waals surface area contributed by atoms with E-state index in [0.717, 1.165) is 0 Å². The first-order valence-corrected chi connectivity index (χ1v) is 2.93. The first-order chi connectivity index (χ1) is 3.46. The molecule has 0 saturated carbocycles. The first kappa shape index (κ1) is 22.5. The van der Waals surface area contributed by atoms with Gasteiger partial charge in [0.05, 0.1) is 0 Å². The quantitative estimate of drug-likeness (QED) is 0.211. The van der Waals surface area contributed by atoms with Gasteiger partial charge in [-0.05, 0) is 0 Å². The Morgan fingerprint density at radius 1 is 0.900 bits per heavy atom. The van der Waals surface area contributed by atoms with Gasteiger partial charge < -0.3 is 9.11 Å². The zero-order valence-electron chi connectivity index (χ0n) is 5.21. The fraction of sp³-hybridized carbons (Fsp3) is 0. The standard InChI is InChI=1S/2FHO2S.2Li/c2*1-4(2)3;;/h2*(H,2,3);;/q;;2*+1/p-2. The summed E-state index contributed by atoms with van der Waals surface area (Å²) in [4.78, 5) is 0. The van der Waals surface area contributed by atoms with E-state index in [1.165, 1.54) is 0 Å². The predicted octanol–water partition coefficient (Wildman–Crippen LogP) is -6.49. The Morgan fingerprint density at radius 2 is 0.900 bits per heavy atom. The summed E-state index contributed by atoms with van der Waals surface area (Å²) in [5.74, 6) is 0. The van der Waals surface area contributed by atoms with Crippen LogP contribution < -0.4 is 37.7 Å². The maximum absolute atomic E-state index is 9.92. The van der Waals surface area contributed by atoms with Crippen LogP contribution in [0.4, 0.5) is 7.77 Å². The van der Waals surface area contributed by atoms with Crippen LogP contribution in [0.25, 0.3) is 0 Å². The molecule has 0 N–H and O–H groups in total. The molecule has 0 amide bonds. The van der Waals surface area contributed by atoms with Gasteiger partial charge in [-0.3, -0.25) is 0 Å². The SMILES string of the molecule is O=S([O-])F.O=S([O-])F.[Li+].[Li+]. The molecule has 0 aliphatic heterocycles. The molecule has 0 saturated heterocycles. The molecule has 0 aromatic rings. The smallest absolute Gasteiger partial charge is 0.746 e. The van der Waals surface area contributed by atoms with Gasteiger partial charge in [-0.15, -0.1) is 7.77 Å². The summed E-state index contributed by atoms with van der Waals surface area (Å²) in [5, 5.41) is 0. The van der Waals surface area contributed by atoms with Gasteiger partial charge in [0, 0.05) is 0 Å². The van der Waals surface area contributed by atoms with Crippen LogP contribution in [0.1, 0.15) is 0 Å². The molecular formula is F2Li2O4S2. The van der Waals surface area contributed by atoms with Crippen molar-refractivity contribution in [1.29, 1.82) is 0 Å². The molecule has 0 radical (unpaired) electrons. The van der Waals surface area contributed by atoms with E-state index in [-0.39, 0.29) is 37.7 Å². The summed E-state index contributed by atoms with van der Waals surface area (Å²) in [7, 11) is 0. The summed E-state index contributed by atoms with van der Waals surface area (Å²) in [6.07, 6.45) is 0. The van der Waals surface area contributed by atoms with E-state index in [2.05, 4.69) is 0 Å². The molecule has 10 heavy (non-hydrogen) atoms. The topological polar surface area (TPSA) is 80.3 Å². The zero-order chi connectivity index (χ0) is 7.15. The van der Waals surface area contributed by atoms with Crippen molar-refractivity contribution in [3.63, 3.8) is 0 Å². The van der Waals surface area contributed by atoms with Crippen LogP contribution in [0, 0.1) is 0 Å². The van der Waals surface area contributed by atoms with Gasteiger partial charge in [0.25, 0.3) is 0 Å². The van der Waals surface area contributed by atoms with Gasteiger partial charge in [0.2, 0.25) is 0 Å². The zero-order valence-corrected chi connectivity index (χ0v) is 6.84. The molecule has 0 heterocycles. The fourth-order valence-corrected chi connectivity index (χ4v) is 0. The molecule has 0 bridgehead atoms. The molecule has 0 aliphatic rings. The summed E-state index contributed by atoms with van der Waals surface area (Å²) in [6, 6.07) is 0.